The van der Waals surface area contributed by atoms with Gasteiger partial charge in [-0.3, -0.25) is 19.8 Å². The summed E-state index contributed by atoms with van der Waals surface area (Å²) in [5, 5.41) is 11.3. The molecular weight excluding hydrogens is 423 g/mol. The van der Waals surface area contributed by atoms with Crippen molar-refractivity contribution in [2.24, 2.45) is 0 Å². The molecule has 4 rings (SSSR count). The average Bonchev–Trinajstić information content (AvgIpc) is 2.95. The molecule has 0 spiro atoms. The summed E-state index contributed by atoms with van der Waals surface area (Å²) in [5.74, 6) is -1.45. The summed E-state index contributed by atoms with van der Waals surface area (Å²) >= 11 is 11.5. The molecule has 8 nitrogen and oxygen atoms in total. The number of nitro groups is 1. The maximum Gasteiger partial charge on any atom is 0.331 e. The van der Waals surface area contributed by atoms with Crippen LogP contribution < -0.4 is 9.64 Å². The van der Waals surface area contributed by atoms with Gasteiger partial charge in [0.2, 0.25) is 0 Å². The molecule has 29 heavy (non-hydrogen) atoms. The summed E-state index contributed by atoms with van der Waals surface area (Å²) in [6.45, 7) is 0.629. The number of hydrogen-bond donors (Lipinski definition) is 0. The third kappa shape index (κ3) is 3.38. The van der Waals surface area contributed by atoms with E-state index in [2.05, 4.69) is 4.98 Å². The first kappa shape index (κ1) is 19.5. The first-order valence-corrected chi connectivity index (χ1v) is 9.58. The molecule has 2 aromatic rings. The highest BCUT2D eigenvalue weighted by atomic mass is 35.5. The van der Waals surface area contributed by atoms with E-state index in [9.17, 15) is 19.3 Å². The molecule has 11 heteroatoms. The molecule has 1 aromatic heterocycles. The predicted octanol–water partition coefficient (Wildman–Crippen LogP) is 4.06. The van der Waals surface area contributed by atoms with Crippen LogP contribution in [0.15, 0.2) is 30.5 Å². The summed E-state index contributed by atoms with van der Waals surface area (Å²) in [7, 11) is 0. The Labute approximate surface area is 175 Å². The van der Waals surface area contributed by atoms with Crippen molar-refractivity contribution in [2.45, 2.75) is 25.3 Å². The molecule has 2 aliphatic rings. The van der Waals surface area contributed by atoms with Gasteiger partial charge in [-0.05, 0) is 43.6 Å². The molecule has 1 amide bonds. The molecule has 1 aromatic carbocycles. The second kappa shape index (κ2) is 7.53. The number of nitrogens with zero attached hydrogens (tertiary/aromatic N) is 4. The Morgan fingerprint density at radius 3 is 2.90 bits per heavy atom. The second-order valence-electron chi connectivity index (χ2n) is 6.58. The Hall–Kier alpha value is -2.85. The third-order valence-corrected chi connectivity index (χ3v) is 5.55. The Balaban J connectivity index is 1.73. The molecule has 2 aliphatic heterocycles. The van der Waals surface area contributed by atoms with Gasteiger partial charge >= 0.3 is 5.69 Å². The zero-order chi connectivity index (χ0) is 20.7. The lowest BCUT2D eigenvalue weighted by Crippen LogP contribution is -2.38. The summed E-state index contributed by atoms with van der Waals surface area (Å²) < 4.78 is 20.2. The van der Waals surface area contributed by atoms with Crippen LogP contribution >= 0.6 is 23.8 Å². The van der Waals surface area contributed by atoms with Gasteiger partial charge in [0.25, 0.3) is 11.8 Å². The number of anilines is 1. The predicted molar refractivity (Wildman–Crippen MR) is 107 cm³/mol. The SMILES string of the molecule is O=C1[C@H]2CCCCN2C(=S)N1c1cc(Oc2ncccc2[N+](=O)[O-])c(Cl)cc1F. The van der Waals surface area contributed by atoms with Crippen LogP contribution in [0.3, 0.4) is 0 Å². The molecule has 2 fully saturated rings. The van der Waals surface area contributed by atoms with Crippen molar-refractivity contribution in [3.05, 3.63) is 51.4 Å². The number of piperidine rings is 1. The molecular formula is C18H14ClFN4O4S. The van der Waals surface area contributed by atoms with Crippen LogP contribution in [0.25, 0.3) is 0 Å². The summed E-state index contributed by atoms with van der Waals surface area (Å²) in [4.78, 5) is 30.1. The van der Waals surface area contributed by atoms with E-state index in [0.29, 0.717) is 13.0 Å². The molecule has 0 bridgehead atoms. The number of rotatable bonds is 4. The van der Waals surface area contributed by atoms with Crippen molar-refractivity contribution >= 4 is 46.2 Å². The fourth-order valence-corrected chi connectivity index (χ4v) is 4.08. The van der Waals surface area contributed by atoms with Gasteiger partial charge in [0, 0.05) is 24.9 Å². The minimum atomic E-state index is -0.756. The van der Waals surface area contributed by atoms with Crippen molar-refractivity contribution in [3.63, 3.8) is 0 Å². The van der Waals surface area contributed by atoms with Gasteiger partial charge in [-0.1, -0.05) is 11.6 Å². The molecule has 0 N–H and O–H groups in total. The van der Waals surface area contributed by atoms with Crippen molar-refractivity contribution in [3.8, 4) is 11.6 Å². The van der Waals surface area contributed by atoms with Gasteiger partial charge in [0.1, 0.15) is 11.9 Å². The quantitative estimate of drug-likeness (QED) is 0.405. The van der Waals surface area contributed by atoms with E-state index < -0.39 is 16.8 Å². The number of pyridine rings is 1. The lowest BCUT2D eigenvalue weighted by atomic mass is 10.0. The minimum absolute atomic E-state index is 0.0784. The topological polar surface area (TPSA) is 88.8 Å². The van der Waals surface area contributed by atoms with Gasteiger partial charge < -0.3 is 9.64 Å². The number of carbonyl (C=O) groups is 1. The molecule has 2 saturated heterocycles. The number of benzene rings is 1. The summed E-state index contributed by atoms with van der Waals surface area (Å²) in [6.07, 6.45) is 3.76. The number of hydrogen-bond acceptors (Lipinski definition) is 6. The van der Waals surface area contributed by atoms with Gasteiger partial charge in [-0.2, -0.15) is 0 Å². The average molecular weight is 437 g/mol. The number of halogens is 2. The summed E-state index contributed by atoms with van der Waals surface area (Å²) in [6, 6.07) is 4.39. The van der Waals surface area contributed by atoms with Crippen LogP contribution in [-0.4, -0.2) is 38.4 Å². The summed E-state index contributed by atoms with van der Waals surface area (Å²) in [5.41, 5.74) is -0.494. The van der Waals surface area contributed by atoms with E-state index in [1.165, 1.54) is 24.4 Å². The fourth-order valence-electron chi connectivity index (χ4n) is 3.48. The standard InChI is InChI=1S/C18H14ClFN4O4S/c19-10-8-11(20)14(23-17(25)13-4-1-2-7-22(13)18(23)29)9-15(10)28-16-12(24(26)27)5-3-6-21-16/h3,5-6,8-9,13H,1-2,4,7H2/t13-/m1/s1. The van der Waals surface area contributed by atoms with Crippen LogP contribution in [0, 0.1) is 15.9 Å². The second-order valence-corrected chi connectivity index (χ2v) is 7.35. The number of thiocarbonyl (C=S) groups is 1. The molecule has 0 aliphatic carbocycles. The lowest BCUT2D eigenvalue weighted by Gasteiger charge is -2.27. The number of carbonyl (C=O) groups excluding carboxylic acids is 1. The maximum absolute atomic E-state index is 14.7. The fraction of sp³-hybridized carbons (Fsp3) is 0.278. The minimum Gasteiger partial charge on any atom is -0.432 e. The Morgan fingerprint density at radius 2 is 2.17 bits per heavy atom. The van der Waals surface area contributed by atoms with Crippen LogP contribution in [-0.2, 0) is 4.79 Å². The number of fused-ring (bicyclic) bond motifs is 1. The van der Waals surface area contributed by atoms with Crippen LogP contribution in [0.2, 0.25) is 5.02 Å². The van der Waals surface area contributed by atoms with E-state index in [1.807, 2.05) is 0 Å². The van der Waals surface area contributed by atoms with Crippen LogP contribution in [0.1, 0.15) is 19.3 Å². The number of ether oxygens (including phenoxy) is 1. The molecule has 150 valence electrons. The Morgan fingerprint density at radius 1 is 1.38 bits per heavy atom. The third-order valence-electron chi connectivity index (χ3n) is 4.84. The van der Waals surface area contributed by atoms with E-state index in [1.54, 1.807) is 4.90 Å². The zero-order valence-electron chi connectivity index (χ0n) is 14.9. The first-order valence-electron chi connectivity index (χ1n) is 8.79. The Kier molecular flexibility index (Phi) is 5.05. The highest BCUT2D eigenvalue weighted by molar-refractivity contribution is 7.80. The molecule has 0 saturated carbocycles. The molecule has 3 heterocycles. The van der Waals surface area contributed by atoms with E-state index in [-0.39, 0.29) is 39.0 Å². The van der Waals surface area contributed by atoms with Crippen molar-refractivity contribution in [1.29, 1.82) is 0 Å². The zero-order valence-corrected chi connectivity index (χ0v) is 16.5. The highest BCUT2D eigenvalue weighted by Gasteiger charge is 2.45. The largest absolute Gasteiger partial charge is 0.432 e. The van der Waals surface area contributed by atoms with Gasteiger partial charge in [0.15, 0.2) is 10.9 Å². The highest BCUT2D eigenvalue weighted by Crippen LogP contribution is 2.39. The molecule has 0 radical (unpaired) electrons. The number of amides is 1. The lowest BCUT2D eigenvalue weighted by molar-refractivity contribution is -0.386. The number of aromatic nitrogens is 1. The van der Waals surface area contributed by atoms with E-state index in [0.717, 1.165) is 23.8 Å². The van der Waals surface area contributed by atoms with E-state index in [4.69, 9.17) is 28.6 Å². The Bertz CT molecular complexity index is 1010. The van der Waals surface area contributed by atoms with E-state index >= 15 is 0 Å². The van der Waals surface area contributed by atoms with Gasteiger partial charge in [0.05, 0.1) is 15.6 Å². The molecule has 0 unspecified atom stereocenters. The smallest absolute Gasteiger partial charge is 0.331 e. The maximum atomic E-state index is 14.7. The van der Waals surface area contributed by atoms with Crippen molar-refractivity contribution < 1.29 is 18.8 Å². The van der Waals surface area contributed by atoms with Crippen LogP contribution in [0.5, 0.6) is 11.6 Å². The van der Waals surface area contributed by atoms with Crippen molar-refractivity contribution in [1.82, 2.24) is 9.88 Å². The molecule has 1 atom stereocenters. The first-order chi connectivity index (χ1) is 13.9. The normalized spacial score (nSPS) is 18.8. The van der Waals surface area contributed by atoms with Crippen LogP contribution in [0.4, 0.5) is 15.8 Å². The van der Waals surface area contributed by atoms with Crippen molar-refractivity contribution in [2.75, 3.05) is 11.4 Å². The van der Waals surface area contributed by atoms with Gasteiger partial charge in [-0.15, -0.1) is 0 Å². The van der Waals surface area contributed by atoms with Gasteiger partial charge in [-0.25, -0.2) is 9.37 Å². The monoisotopic (exact) mass is 436 g/mol.